The lowest BCUT2D eigenvalue weighted by Crippen LogP contribution is -2.38. The fraction of sp³-hybridized carbons (Fsp3) is 0.526. The molecule has 0 unspecified atom stereocenters. The molecule has 1 fully saturated rings. The van der Waals surface area contributed by atoms with Crippen LogP contribution in [0, 0.1) is 12.8 Å². The smallest absolute Gasteiger partial charge is 0.228 e. The first-order chi connectivity index (χ1) is 12.5. The molecule has 1 aliphatic heterocycles. The van der Waals surface area contributed by atoms with Crippen LogP contribution in [0.15, 0.2) is 29.4 Å². The largest absolute Gasteiger partial charge is 0.378 e. The van der Waals surface area contributed by atoms with Crippen LogP contribution in [-0.4, -0.2) is 52.6 Å². The molecule has 0 aliphatic carbocycles. The number of nitrogens with zero attached hydrogens (tertiary/aromatic N) is 4. The first-order valence-corrected chi connectivity index (χ1v) is 10.0. The lowest BCUT2D eigenvalue weighted by Gasteiger charge is -2.28. The van der Waals surface area contributed by atoms with Crippen molar-refractivity contribution in [2.24, 2.45) is 5.92 Å². The second-order valence-corrected chi connectivity index (χ2v) is 7.91. The van der Waals surface area contributed by atoms with Gasteiger partial charge in [0.15, 0.2) is 10.9 Å². The van der Waals surface area contributed by atoms with E-state index in [4.69, 9.17) is 4.74 Å². The molecule has 1 aromatic heterocycles. The Bertz CT molecular complexity index is 736. The van der Waals surface area contributed by atoms with E-state index < -0.39 is 0 Å². The van der Waals surface area contributed by atoms with Crippen molar-refractivity contribution in [3.05, 3.63) is 35.4 Å². The van der Waals surface area contributed by atoms with Gasteiger partial charge >= 0.3 is 0 Å². The van der Waals surface area contributed by atoms with E-state index in [1.165, 1.54) is 11.8 Å². The minimum Gasteiger partial charge on any atom is -0.378 e. The minimum absolute atomic E-state index is 0.113. The molecular weight excluding hydrogens is 348 g/mol. The maximum absolute atomic E-state index is 12.5. The quantitative estimate of drug-likeness (QED) is 0.548. The Morgan fingerprint density at radius 1 is 1.19 bits per heavy atom. The second-order valence-electron chi connectivity index (χ2n) is 6.96. The normalized spacial score (nSPS) is 14.8. The summed E-state index contributed by atoms with van der Waals surface area (Å²) in [5, 5.41) is 9.58. The van der Waals surface area contributed by atoms with E-state index in [0.717, 1.165) is 41.9 Å². The summed E-state index contributed by atoms with van der Waals surface area (Å²) in [7, 11) is 0. The fourth-order valence-corrected chi connectivity index (χ4v) is 3.70. The van der Waals surface area contributed by atoms with Gasteiger partial charge in [0.1, 0.15) is 0 Å². The summed E-state index contributed by atoms with van der Waals surface area (Å²) in [5.74, 6) is 1.83. The Hall–Kier alpha value is -1.86. The number of aryl methyl sites for hydroxylation is 1. The van der Waals surface area contributed by atoms with Crippen LogP contribution in [0.4, 0.5) is 5.95 Å². The van der Waals surface area contributed by atoms with Crippen molar-refractivity contribution < 1.29 is 9.53 Å². The third kappa shape index (κ3) is 4.65. The molecule has 1 aromatic carbocycles. The second kappa shape index (κ2) is 8.68. The summed E-state index contributed by atoms with van der Waals surface area (Å²) in [6, 6.07) is 7.71. The molecule has 1 aliphatic rings. The molecule has 0 radical (unpaired) electrons. The highest BCUT2D eigenvalue weighted by Gasteiger charge is 2.21. The van der Waals surface area contributed by atoms with Gasteiger partial charge in [-0.05, 0) is 12.8 Å². The zero-order valence-corrected chi connectivity index (χ0v) is 16.5. The lowest BCUT2D eigenvalue weighted by atomic mass is 10.1. The van der Waals surface area contributed by atoms with Crippen LogP contribution in [0.1, 0.15) is 29.8 Å². The van der Waals surface area contributed by atoms with Crippen LogP contribution in [0.25, 0.3) is 0 Å². The molecule has 0 N–H and O–H groups in total. The number of ketones is 1. The Labute approximate surface area is 158 Å². The van der Waals surface area contributed by atoms with Crippen molar-refractivity contribution in [2.45, 2.75) is 32.5 Å². The number of aromatic nitrogens is 3. The molecule has 7 heteroatoms. The van der Waals surface area contributed by atoms with Crippen molar-refractivity contribution in [3.63, 3.8) is 0 Å². The van der Waals surface area contributed by atoms with Gasteiger partial charge in [-0.2, -0.15) is 0 Å². The number of anilines is 1. The number of hydrogen-bond acceptors (Lipinski definition) is 6. The fourth-order valence-electron chi connectivity index (χ4n) is 2.86. The molecule has 0 spiro atoms. The first-order valence-electron chi connectivity index (χ1n) is 9.03. The highest BCUT2D eigenvalue weighted by Crippen LogP contribution is 2.25. The van der Waals surface area contributed by atoms with E-state index in [1.807, 2.05) is 31.2 Å². The zero-order chi connectivity index (χ0) is 18.5. The molecule has 2 heterocycles. The first kappa shape index (κ1) is 18.9. The molecule has 0 atom stereocenters. The molecule has 0 saturated carbocycles. The maximum atomic E-state index is 12.5. The predicted molar refractivity (Wildman–Crippen MR) is 104 cm³/mol. The topological polar surface area (TPSA) is 60.3 Å². The molecule has 6 nitrogen and oxygen atoms in total. The van der Waals surface area contributed by atoms with Gasteiger partial charge in [0.2, 0.25) is 5.95 Å². The van der Waals surface area contributed by atoms with Crippen molar-refractivity contribution in [3.8, 4) is 0 Å². The number of carbonyl (C=O) groups excluding carboxylic acids is 1. The third-order valence-electron chi connectivity index (χ3n) is 4.24. The summed E-state index contributed by atoms with van der Waals surface area (Å²) in [6.07, 6.45) is 0. The standard InChI is InChI=1S/C19H26N4O2S/c1-14(2)12-23-18(22-8-10-25-11-9-22)20-21-19(23)26-13-17(24)16-6-4-15(3)5-7-16/h4-7,14H,8-13H2,1-3H3. The number of morpholine rings is 1. The summed E-state index contributed by atoms with van der Waals surface area (Å²) in [4.78, 5) is 14.7. The number of ether oxygens (including phenoxy) is 1. The molecule has 1 saturated heterocycles. The number of hydrogen-bond donors (Lipinski definition) is 0. The van der Waals surface area contributed by atoms with Crippen LogP contribution in [0.3, 0.4) is 0 Å². The summed E-state index contributed by atoms with van der Waals surface area (Å²) in [5.41, 5.74) is 1.90. The summed E-state index contributed by atoms with van der Waals surface area (Å²) >= 11 is 1.46. The Kier molecular flexibility index (Phi) is 6.32. The number of benzene rings is 1. The molecule has 2 aromatic rings. The SMILES string of the molecule is Cc1ccc(C(=O)CSc2nnc(N3CCOCC3)n2CC(C)C)cc1. The van der Waals surface area contributed by atoms with Crippen molar-refractivity contribution >= 4 is 23.5 Å². The van der Waals surface area contributed by atoms with Gasteiger partial charge in [-0.25, -0.2) is 0 Å². The highest BCUT2D eigenvalue weighted by molar-refractivity contribution is 7.99. The Balaban J connectivity index is 1.73. The molecule has 0 amide bonds. The van der Waals surface area contributed by atoms with E-state index in [9.17, 15) is 4.79 Å². The van der Waals surface area contributed by atoms with Gasteiger partial charge < -0.3 is 9.64 Å². The monoisotopic (exact) mass is 374 g/mol. The summed E-state index contributed by atoms with van der Waals surface area (Å²) in [6.45, 7) is 10.3. The molecule has 26 heavy (non-hydrogen) atoms. The molecular formula is C19H26N4O2S. The van der Waals surface area contributed by atoms with Gasteiger partial charge in [-0.15, -0.1) is 10.2 Å². The van der Waals surface area contributed by atoms with Crippen molar-refractivity contribution in [1.29, 1.82) is 0 Å². The predicted octanol–water partition coefficient (Wildman–Crippen LogP) is 3.05. The maximum Gasteiger partial charge on any atom is 0.228 e. The average molecular weight is 375 g/mol. The zero-order valence-electron chi connectivity index (χ0n) is 15.6. The average Bonchev–Trinajstić information content (AvgIpc) is 3.03. The number of carbonyl (C=O) groups is 1. The van der Waals surface area contributed by atoms with E-state index in [0.29, 0.717) is 24.9 Å². The van der Waals surface area contributed by atoms with Gasteiger partial charge in [-0.1, -0.05) is 55.4 Å². The number of Topliss-reactive ketones (excluding diaryl/α,β-unsaturated/α-hetero) is 1. The van der Waals surface area contributed by atoms with E-state index >= 15 is 0 Å². The summed E-state index contributed by atoms with van der Waals surface area (Å²) < 4.78 is 7.58. The molecule has 3 rings (SSSR count). The Morgan fingerprint density at radius 3 is 2.54 bits per heavy atom. The lowest BCUT2D eigenvalue weighted by molar-refractivity contribution is 0.102. The molecule has 0 bridgehead atoms. The van der Waals surface area contributed by atoms with Crippen LogP contribution in [0.2, 0.25) is 0 Å². The van der Waals surface area contributed by atoms with E-state index in [1.54, 1.807) is 0 Å². The van der Waals surface area contributed by atoms with Crippen LogP contribution >= 0.6 is 11.8 Å². The Morgan fingerprint density at radius 2 is 1.88 bits per heavy atom. The van der Waals surface area contributed by atoms with Crippen molar-refractivity contribution in [2.75, 3.05) is 37.0 Å². The van der Waals surface area contributed by atoms with Gasteiger partial charge in [0, 0.05) is 25.2 Å². The highest BCUT2D eigenvalue weighted by atomic mass is 32.2. The van der Waals surface area contributed by atoms with E-state index in [-0.39, 0.29) is 5.78 Å². The van der Waals surface area contributed by atoms with Crippen LogP contribution in [0.5, 0.6) is 0 Å². The molecule has 140 valence electrons. The van der Waals surface area contributed by atoms with Gasteiger partial charge in [0.05, 0.1) is 19.0 Å². The van der Waals surface area contributed by atoms with Gasteiger partial charge in [0.25, 0.3) is 0 Å². The van der Waals surface area contributed by atoms with Crippen LogP contribution in [-0.2, 0) is 11.3 Å². The van der Waals surface area contributed by atoms with Gasteiger partial charge in [-0.3, -0.25) is 9.36 Å². The van der Waals surface area contributed by atoms with Crippen LogP contribution < -0.4 is 4.90 Å². The van der Waals surface area contributed by atoms with Crippen molar-refractivity contribution in [1.82, 2.24) is 14.8 Å². The number of rotatable bonds is 7. The van der Waals surface area contributed by atoms with E-state index in [2.05, 4.69) is 33.5 Å². The number of thioether (sulfide) groups is 1. The minimum atomic E-state index is 0.113. The third-order valence-corrected chi connectivity index (χ3v) is 5.21.